The first-order chi connectivity index (χ1) is 16.1. The average molecular weight is 457 g/mol. The topological polar surface area (TPSA) is 91.5 Å². The number of carboxylic acids is 1. The van der Waals surface area contributed by atoms with E-state index in [1.54, 1.807) is 42.9 Å². The molecule has 4 aromatic rings. The van der Waals surface area contributed by atoms with E-state index in [-0.39, 0.29) is 17.6 Å². The lowest BCUT2D eigenvalue weighted by Gasteiger charge is -2.26. The third-order valence-corrected chi connectivity index (χ3v) is 5.99. The van der Waals surface area contributed by atoms with Gasteiger partial charge in [0.2, 0.25) is 0 Å². The van der Waals surface area contributed by atoms with Gasteiger partial charge in [0, 0.05) is 30.7 Å². The van der Waals surface area contributed by atoms with Gasteiger partial charge in [-0.1, -0.05) is 18.2 Å². The zero-order valence-corrected chi connectivity index (χ0v) is 18.3. The second kappa shape index (κ2) is 8.84. The standard InChI is InChI=1S/C25H20N4O3S/c30-24(31)18-6-4-17(5-7-18)20-8-9-21(32-20)23-22(19-3-1-2-12-27-19)28-25(33)29(23)15-16-10-13-26-14-11-16/h1-14,22-23H,15H2,(H,28,33)(H,30,31). The van der Waals surface area contributed by atoms with Gasteiger partial charge in [0.1, 0.15) is 17.6 Å². The van der Waals surface area contributed by atoms with E-state index >= 15 is 0 Å². The van der Waals surface area contributed by atoms with Crippen LogP contribution in [-0.2, 0) is 6.54 Å². The van der Waals surface area contributed by atoms with Gasteiger partial charge in [-0.2, -0.15) is 0 Å². The predicted octanol–water partition coefficient (Wildman–Crippen LogP) is 4.61. The van der Waals surface area contributed by atoms with Gasteiger partial charge in [0.15, 0.2) is 5.11 Å². The van der Waals surface area contributed by atoms with E-state index in [1.807, 2.05) is 42.5 Å². The third kappa shape index (κ3) is 4.20. The zero-order chi connectivity index (χ0) is 22.8. The highest BCUT2D eigenvalue weighted by Crippen LogP contribution is 2.41. The molecule has 5 rings (SSSR count). The molecule has 1 saturated heterocycles. The first-order valence-electron chi connectivity index (χ1n) is 10.4. The molecule has 2 N–H and O–H groups in total. The van der Waals surface area contributed by atoms with Gasteiger partial charge >= 0.3 is 5.97 Å². The summed E-state index contributed by atoms with van der Waals surface area (Å²) in [6.07, 6.45) is 5.29. The van der Waals surface area contributed by atoms with E-state index in [0.717, 1.165) is 22.6 Å². The van der Waals surface area contributed by atoms with Gasteiger partial charge in [-0.05, 0) is 66.3 Å². The predicted molar refractivity (Wildman–Crippen MR) is 126 cm³/mol. The van der Waals surface area contributed by atoms with Crippen LogP contribution in [0.25, 0.3) is 11.3 Å². The average Bonchev–Trinajstić information content (AvgIpc) is 3.45. The van der Waals surface area contributed by atoms with Gasteiger partial charge in [-0.3, -0.25) is 9.97 Å². The molecule has 2 unspecified atom stereocenters. The number of aromatic carboxylic acids is 1. The Morgan fingerprint density at radius 1 is 1.03 bits per heavy atom. The number of nitrogens with zero attached hydrogens (tertiary/aromatic N) is 3. The molecule has 0 bridgehead atoms. The number of furan rings is 1. The van der Waals surface area contributed by atoms with Gasteiger partial charge in [-0.25, -0.2) is 4.79 Å². The van der Waals surface area contributed by atoms with Crippen LogP contribution in [0.2, 0.25) is 0 Å². The minimum absolute atomic E-state index is 0.186. The highest BCUT2D eigenvalue weighted by molar-refractivity contribution is 7.80. The molecule has 1 aliphatic rings. The molecule has 1 aromatic carbocycles. The largest absolute Gasteiger partial charge is 0.478 e. The van der Waals surface area contributed by atoms with Crippen LogP contribution in [0.4, 0.5) is 0 Å². The van der Waals surface area contributed by atoms with E-state index in [2.05, 4.69) is 20.2 Å². The molecule has 7 nitrogen and oxygen atoms in total. The molecule has 0 radical (unpaired) electrons. The Labute approximate surface area is 195 Å². The van der Waals surface area contributed by atoms with Crippen molar-refractivity contribution in [1.29, 1.82) is 0 Å². The number of hydrogen-bond donors (Lipinski definition) is 2. The minimum atomic E-state index is -0.961. The molecule has 0 spiro atoms. The maximum absolute atomic E-state index is 11.2. The van der Waals surface area contributed by atoms with E-state index in [0.29, 0.717) is 17.4 Å². The fourth-order valence-electron chi connectivity index (χ4n) is 4.01. The summed E-state index contributed by atoms with van der Waals surface area (Å²) >= 11 is 5.71. The molecule has 164 valence electrons. The lowest BCUT2D eigenvalue weighted by Crippen LogP contribution is -2.29. The molecular weight excluding hydrogens is 436 g/mol. The van der Waals surface area contributed by atoms with Gasteiger partial charge in [-0.15, -0.1) is 0 Å². The molecular formula is C25H20N4O3S. The van der Waals surface area contributed by atoms with Crippen LogP contribution in [0.3, 0.4) is 0 Å². The smallest absolute Gasteiger partial charge is 0.335 e. The number of benzene rings is 1. The maximum Gasteiger partial charge on any atom is 0.335 e. The molecule has 0 saturated carbocycles. The Hall–Kier alpha value is -4.04. The van der Waals surface area contributed by atoms with Crippen molar-refractivity contribution in [3.8, 4) is 11.3 Å². The number of nitrogens with one attached hydrogen (secondary N) is 1. The first kappa shape index (κ1) is 20.8. The molecule has 2 atom stereocenters. The van der Waals surface area contributed by atoms with Crippen molar-refractivity contribution in [2.24, 2.45) is 0 Å². The Morgan fingerprint density at radius 3 is 2.52 bits per heavy atom. The summed E-state index contributed by atoms with van der Waals surface area (Å²) in [5.74, 6) is 0.435. The van der Waals surface area contributed by atoms with Crippen LogP contribution in [0.15, 0.2) is 89.7 Å². The van der Waals surface area contributed by atoms with Crippen molar-refractivity contribution in [2.75, 3.05) is 0 Å². The number of thiocarbonyl (C=S) groups is 1. The van der Waals surface area contributed by atoms with Crippen LogP contribution < -0.4 is 5.32 Å². The van der Waals surface area contributed by atoms with Crippen molar-refractivity contribution < 1.29 is 14.3 Å². The van der Waals surface area contributed by atoms with Crippen molar-refractivity contribution in [3.63, 3.8) is 0 Å². The Kier molecular flexibility index (Phi) is 5.58. The highest BCUT2D eigenvalue weighted by atomic mass is 32.1. The summed E-state index contributed by atoms with van der Waals surface area (Å²) in [7, 11) is 0. The summed E-state index contributed by atoms with van der Waals surface area (Å²) in [6.45, 7) is 0.589. The lowest BCUT2D eigenvalue weighted by atomic mass is 10.0. The van der Waals surface area contributed by atoms with E-state index in [1.165, 1.54) is 0 Å². The van der Waals surface area contributed by atoms with Crippen LogP contribution >= 0.6 is 12.2 Å². The number of carbonyl (C=O) groups is 1. The van der Waals surface area contributed by atoms with Crippen molar-refractivity contribution >= 4 is 23.3 Å². The maximum atomic E-state index is 11.2. The summed E-state index contributed by atoms with van der Waals surface area (Å²) in [5, 5.41) is 13.2. The summed E-state index contributed by atoms with van der Waals surface area (Å²) < 4.78 is 6.29. The van der Waals surface area contributed by atoms with Crippen molar-refractivity contribution in [3.05, 3.63) is 108 Å². The quantitative estimate of drug-likeness (QED) is 0.407. The zero-order valence-electron chi connectivity index (χ0n) is 17.5. The molecule has 8 heteroatoms. The fourth-order valence-corrected chi connectivity index (χ4v) is 4.32. The van der Waals surface area contributed by atoms with E-state index < -0.39 is 5.97 Å². The number of carboxylic acid groups (broad SMARTS) is 1. The molecule has 33 heavy (non-hydrogen) atoms. The third-order valence-electron chi connectivity index (χ3n) is 5.63. The van der Waals surface area contributed by atoms with Gasteiger partial charge in [0.05, 0.1) is 17.3 Å². The SMILES string of the molecule is O=C(O)c1ccc(-c2ccc(C3C(c4ccccn4)NC(=S)N3Cc3ccncc3)o2)cc1. The highest BCUT2D eigenvalue weighted by Gasteiger charge is 2.41. The fraction of sp³-hybridized carbons (Fsp3) is 0.120. The molecule has 3 aromatic heterocycles. The summed E-state index contributed by atoms with van der Waals surface area (Å²) in [6, 6.07) is 19.8. The number of aromatic nitrogens is 2. The van der Waals surface area contributed by atoms with Crippen molar-refractivity contribution in [1.82, 2.24) is 20.2 Å². The molecule has 4 heterocycles. The normalized spacial score (nSPS) is 17.7. The molecule has 0 aliphatic carbocycles. The van der Waals surface area contributed by atoms with Crippen LogP contribution in [0.1, 0.15) is 39.5 Å². The Morgan fingerprint density at radius 2 is 1.82 bits per heavy atom. The van der Waals surface area contributed by atoms with E-state index in [4.69, 9.17) is 21.7 Å². The lowest BCUT2D eigenvalue weighted by molar-refractivity contribution is 0.0697. The van der Waals surface area contributed by atoms with Crippen LogP contribution in [0.5, 0.6) is 0 Å². The van der Waals surface area contributed by atoms with Crippen molar-refractivity contribution in [2.45, 2.75) is 18.6 Å². The number of rotatable bonds is 6. The molecule has 1 aliphatic heterocycles. The second-order valence-corrected chi connectivity index (χ2v) is 8.08. The summed E-state index contributed by atoms with van der Waals surface area (Å²) in [4.78, 5) is 21.9. The van der Waals surface area contributed by atoms with E-state index in [9.17, 15) is 4.79 Å². The molecule has 1 fully saturated rings. The Bertz CT molecular complexity index is 1280. The number of hydrogen-bond acceptors (Lipinski definition) is 5. The monoisotopic (exact) mass is 456 g/mol. The van der Waals surface area contributed by atoms with Gasteiger partial charge < -0.3 is 19.7 Å². The first-order valence-corrected chi connectivity index (χ1v) is 10.8. The number of pyridine rings is 2. The summed E-state index contributed by atoms with van der Waals surface area (Å²) in [5.41, 5.74) is 2.98. The molecule has 0 amide bonds. The Balaban J connectivity index is 1.51. The van der Waals surface area contributed by atoms with Crippen LogP contribution in [0, 0.1) is 0 Å². The van der Waals surface area contributed by atoms with Gasteiger partial charge in [0.25, 0.3) is 0 Å². The second-order valence-electron chi connectivity index (χ2n) is 7.69. The van der Waals surface area contributed by atoms with Crippen LogP contribution in [-0.4, -0.2) is 31.1 Å². The minimum Gasteiger partial charge on any atom is -0.478 e.